The second-order valence-electron chi connectivity index (χ2n) is 11.4. The number of aliphatic hydroxyl groups excluding tert-OH is 1. The Labute approximate surface area is 258 Å². The second-order valence-corrected chi connectivity index (χ2v) is 13.3. The number of hydrogen-bond donors (Lipinski definition) is 3. The number of methoxy groups -OCH3 is 1. The zero-order chi connectivity index (χ0) is 31.5. The van der Waals surface area contributed by atoms with Gasteiger partial charge in [-0.1, -0.05) is 12.1 Å². The number of amides is 2. The predicted molar refractivity (Wildman–Crippen MR) is 162 cm³/mol. The molecule has 3 N–H and O–H groups in total. The van der Waals surface area contributed by atoms with Crippen molar-refractivity contribution in [1.82, 2.24) is 14.5 Å². The second kappa shape index (κ2) is 16.1. The molecule has 2 aromatic rings. The number of phenols is 1. The minimum atomic E-state index is -3.90. The van der Waals surface area contributed by atoms with Crippen LogP contribution >= 0.6 is 0 Å². The van der Waals surface area contributed by atoms with Crippen LogP contribution in [0.3, 0.4) is 0 Å². The zero-order valence-electron chi connectivity index (χ0n) is 25.0. The number of alkyl carbamates (subject to hydrolysis) is 1. The number of phenolic OH excluding ortho intramolecular Hbond substituents is 1. The highest BCUT2D eigenvalue weighted by atomic mass is 32.2. The van der Waals surface area contributed by atoms with Crippen LogP contribution in [0, 0.1) is 11.8 Å². The summed E-state index contributed by atoms with van der Waals surface area (Å²) in [4.78, 5) is 26.1. The van der Waals surface area contributed by atoms with E-state index in [1.807, 2.05) is 0 Å². The first-order valence-corrected chi connectivity index (χ1v) is 16.4. The number of hydrogen-bond acceptors (Lipinski definition) is 9. The molecule has 0 aliphatic carbocycles. The maximum atomic E-state index is 13.9. The molecule has 2 aliphatic rings. The van der Waals surface area contributed by atoms with Crippen LogP contribution in [0.4, 0.5) is 4.79 Å². The number of sulfonamides is 1. The van der Waals surface area contributed by atoms with Crippen molar-refractivity contribution in [2.24, 2.45) is 11.8 Å². The fourth-order valence-corrected chi connectivity index (χ4v) is 7.19. The van der Waals surface area contributed by atoms with Crippen LogP contribution in [0.15, 0.2) is 53.4 Å². The quantitative estimate of drug-likeness (QED) is 0.251. The van der Waals surface area contributed by atoms with Crippen LogP contribution < -0.4 is 10.1 Å². The number of benzene rings is 2. The molecular weight excluding hydrogens is 590 g/mol. The lowest BCUT2D eigenvalue weighted by Gasteiger charge is -2.33. The predicted octanol–water partition coefficient (Wildman–Crippen LogP) is 2.38. The van der Waals surface area contributed by atoms with E-state index in [-0.39, 0.29) is 48.8 Å². The molecule has 2 heterocycles. The Balaban J connectivity index is 1.51. The summed E-state index contributed by atoms with van der Waals surface area (Å²) in [6, 6.07) is 12.4. The Kier molecular flexibility index (Phi) is 12.2. The molecule has 2 aromatic carbocycles. The number of nitrogens with zero attached hydrogens (tertiary/aromatic N) is 2. The van der Waals surface area contributed by atoms with E-state index in [2.05, 4.69) is 5.32 Å². The minimum Gasteiger partial charge on any atom is -0.508 e. The molecule has 12 nitrogen and oxygen atoms in total. The van der Waals surface area contributed by atoms with Gasteiger partial charge >= 0.3 is 6.09 Å². The Morgan fingerprint density at radius 3 is 2.48 bits per heavy atom. The first-order valence-electron chi connectivity index (χ1n) is 15.0. The van der Waals surface area contributed by atoms with Crippen molar-refractivity contribution in [2.45, 2.75) is 49.1 Å². The van der Waals surface area contributed by atoms with Gasteiger partial charge in [0.2, 0.25) is 16.4 Å². The molecular formula is C31H43N3O9S. The van der Waals surface area contributed by atoms with E-state index in [0.717, 1.165) is 12.0 Å². The fraction of sp³-hybridized carbons (Fsp3) is 0.548. The Hall–Kier alpha value is -3.39. The normalized spacial score (nSPS) is 19.9. The lowest BCUT2D eigenvalue weighted by molar-refractivity contribution is -0.119. The third-order valence-corrected chi connectivity index (χ3v) is 10.2. The molecule has 0 aromatic heterocycles. The molecule has 1 unspecified atom stereocenters. The van der Waals surface area contributed by atoms with Gasteiger partial charge in [0.15, 0.2) is 0 Å². The molecule has 0 spiro atoms. The van der Waals surface area contributed by atoms with E-state index in [1.54, 1.807) is 41.3 Å². The number of aliphatic hydroxyl groups is 1. The van der Waals surface area contributed by atoms with E-state index >= 15 is 0 Å². The summed E-state index contributed by atoms with van der Waals surface area (Å²) in [6.07, 6.45) is 2.20. The average Bonchev–Trinajstić information content (AvgIpc) is 3.46. The van der Waals surface area contributed by atoms with Crippen molar-refractivity contribution in [2.75, 3.05) is 53.1 Å². The maximum Gasteiger partial charge on any atom is 0.407 e. The van der Waals surface area contributed by atoms with E-state index < -0.39 is 28.3 Å². The Bertz CT molecular complexity index is 1300. The highest BCUT2D eigenvalue weighted by molar-refractivity contribution is 7.89. The van der Waals surface area contributed by atoms with Gasteiger partial charge in [0, 0.05) is 44.7 Å². The number of nitrogens with one attached hydrogen (secondary N) is 1. The van der Waals surface area contributed by atoms with E-state index in [1.165, 1.54) is 23.5 Å². The highest BCUT2D eigenvalue weighted by Crippen LogP contribution is 2.25. The molecule has 3 atom stereocenters. The number of piperidine rings is 1. The molecule has 44 heavy (non-hydrogen) atoms. The standard InChI is InChI=1S/C31H43N3O9S/c1-41-28-6-8-29(9-7-28)44(39,40)34(19-24-10-14-33(22-36)15-11-24)16-12-26(18-23-2-4-27(37)5-3-23)32-31(38)43-30-21-42-20-25(30)13-17-35/h2-9,22,24-26,30,35,37H,10-21H2,1H3,(H,32,38)/t25-,26+,30?/m0/s1. The number of carbonyl (C=O) groups is 2. The Morgan fingerprint density at radius 2 is 1.84 bits per heavy atom. The molecule has 13 heteroatoms. The first-order chi connectivity index (χ1) is 21.2. The first kappa shape index (κ1) is 33.5. The SMILES string of the molecule is COc1ccc(S(=O)(=O)N(CC[C@H](Cc2ccc(O)cc2)NC(=O)OC2COC[C@@H]2CCO)CC2CCN(C=O)CC2)cc1. The molecule has 242 valence electrons. The van der Waals surface area contributed by atoms with Crippen molar-refractivity contribution in [3.63, 3.8) is 0 Å². The van der Waals surface area contributed by atoms with Crippen LogP contribution in [0.2, 0.25) is 0 Å². The third kappa shape index (κ3) is 9.31. The molecule has 4 rings (SSSR count). The zero-order valence-corrected chi connectivity index (χ0v) is 25.9. The summed E-state index contributed by atoms with van der Waals surface area (Å²) < 4.78 is 45.6. The molecule has 0 radical (unpaired) electrons. The van der Waals surface area contributed by atoms with Crippen molar-refractivity contribution < 1.29 is 42.4 Å². The van der Waals surface area contributed by atoms with Gasteiger partial charge in [-0.2, -0.15) is 4.31 Å². The summed E-state index contributed by atoms with van der Waals surface area (Å²) in [5.74, 6) is 0.629. The highest BCUT2D eigenvalue weighted by Gasteiger charge is 2.33. The topological polar surface area (TPSA) is 155 Å². The maximum absolute atomic E-state index is 13.9. The van der Waals surface area contributed by atoms with E-state index in [0.29, 0.717) is 57.6 Å². The lowest BCUT2D eigenvalue weighted by atomic mass is 9.97. The summed E-state index contributed by atoms with van der Waals surface area (Å²) in [5.41, 5.74) is 0.848. The minimum absolute atomic E-state index is 0.0361. The van der Waals surface area contributed by atoms with Crippen LogP contribution in [0.25, 0.3) is 0 Å². The lowest BCUT2D eigenvalue weighted by Crippen LogP contribution is -2.44. The summed E-state index contributed by atoms with van der Waals surface area (Å²) in [6.45, 7) is 2.17. The van der Waals surface area contributed by atoms with Crippen molar-refractivity contribution >= 4 is 22.5 Å². The van der Waals surface area contributed by atoms with Gasteiger partial charge in [-0.15, -0.1) is 0 Å². The third-order valence-electron chi connectivity index (χ3n) is 8.32. The average molecular weight is 634 g/mol. The number of aromatic hydroxyl groups is 1. The van der Waals surface area contributed by atoms with Gasteiger partial charge in [-0.25, -0.2) is 13.2 Å². The van der Waals surface area contributed by atoms with Crippen LogP contribution in [-0.4, -0.2) is 106 Å². The van der Waals surface area contributed by atoms with Crippen LogP contribution in [0.1, 0.15) is 31.2 Å². The van der Waals surface area contributed by atoms with Crippen molar-refractivity contribution in [1.29, 1.82) is 0 Å². The molecule has 2 fully saturated rings. The molecule has 2 amide bonds. The van der Waals surface area contributed by atoms with Gasteiger partial charge in [0.1, 0.15) is 17.6 Å². The van der Waals surface area contributed by atoms with E-state index in [9.17, 15) is 28.2 Å². The van der Waals surface area contributed by atoms with Crippen molar-refractivity contribution in [3.05, 3.63) is 54.1 Å². The number of ether oxygens (including phenoxy) is 3. The van der Waals surface area contributed by atoms with Crippen LogP contribution in [-0.2, 0) is 30.7 Å². The van der Waals surface area contributed by atoms with Gasteiger partial charge in [-0.05, 0) is 80.0 Å². The van der Waals surface area contributed by atoms with Gasteiger partial charge < -0.3 is 34.6 Å². The molecule has 2 saturated heterocycles. The summed E-state index contributed by atoms with van der Waals surface area (Å²) in [7, 11) is -2.39. The summed E-state index contributed by atoms with van der Waals surface area (Å²) >= 11 is 0. The van der Waals surface area contributed by atoms with Gasteiger partial charge in [0.25, 0.3) is 0 Å². The summed E-state index contributed by atoms with van der Waals surface area (Å²) in [5, 5.41) is 22.0. The molecule has 0 bridgehead atoms. The van der Waals surface area contributed by atoms with Gasteiger partial charge in [0.05, 0.1) is 25.2 Å². The van der Waals surface area contributed by atoms with E-state index in [4.69, 9.17) is 14.2 Å². The largest absolute Gasteiger partial charge is 0.508 e. The monoisotopic (exact) mass is 633 g/mol. The smallest absolute Gasteiger partial charge is 0.407 e. The van der Waals surface area contributed by atoms with Gasteiger partial charge in [-0.3, -0.25) is 4.79 Å². The number of rotatable bonds is 15. The molecule has 2 aliphatic heterocycles. The number of likely N-dealkylation sites (tertiary alicyclic amines) is 1. The number of carbonyl (C=O) groups excluding carboxylic acids is 2. The fourth-order valence-electron chi connectivity index (χ4n) is 5.66. The van der Waals surface area contributed by atoms with Crippen molar-refractivity contribution in [3.8, 4) is 11.5 Å². The molecule has 0 saturated carbocycles. The van der Waals surface area contributed by atoms with Crippen LogP contribution in [0.5, 0.6) is 11.5 Å². The Morgan fingerprint density at radius 1 is 1.14 bits per heavy atom.